The van der Waals surface area contributed by atoms with Crippen molar-refractivity contribution in [1.82, 2.24) is 4.98 Å². The first-order chi connectivity index (χ1) is 6.84. The third kappa shape index (κ3) is 2.30. The number of hydrogen-bond acceptors (Lipinski definition) is 2. The Kier molecular flexibility index (Phi) is 2.75. The number of thiazole rings is 1. The van der Waals surface area contributed by atoms with E-state index in [1.165, 1.54) is 5.56 Å². The number of nitrogens with zero attached hydrogens (tertiary/aromatic N) is 1. The van der Waals surface area contributed by atoms with Gasteiger partial charge in [0, 0.05) is 5.38 Å². The van der Waals surface area contributed by atoms with E-state index in [1.54, 1.807) is 11.3 Å². The van der Waals surface area contributed by atoms with Crippen molar-refractivity contribution < 1.29 is 0 Å². The molecule has 0 radical (unpaired) electrons. The summed E-state index contributed by atoms with van der Waals surface area (Å²) in [4.78, 5) is 4.36. The van der Waals surface area contributed by atoms with Crippen LogP contribution in [0.4, 0.5) is 0 Å². The zero-order valence-corrected chi connectivity index (χ0v) is 8.79. The van der Waals surface area contributed by atoms with Crippen LogP contribution in [0.1, 0.15) is 16.3 Å². The van der Waals surface area contributed by atoms with E-state index in [0.717, 1.165) is 10.7 Å². The van der Waals surface area contributed by atoms with Crippen LogP contribution in [0.5, 0.6) is 0 Å². The maximum absolute atomic E-state index is 4.36. The zero-order valence-electron chi connectivity index (χ0n) is 7.97. The minimum Gasteiger partial charge on any atom is -0.242 e. The van der Waals surface area contributed by atoms with Crippen LogP contribution in [0.2, 0.25) is 0 Å². The summed E-state index contributed by atoms with van der Waals surface area (Å²) in [6.45, 7) is 2.02. The summed E-state index contributed by atoms with van der Waals surface area (Å²) in [6, 6.07) is 10.2. The number of benzene rings is 1. The third-order valence-corrected chi connectivity index (χ3v) is 2.67. The molecular weight excluding hydrogens is 190 g/mol. The predicted molar refractivity (Wildman–Crippen MR) is 62.2 cm³/mol. The lowest BCUT2D eigenvalue weighted by atomic mass is 10.2. The Morgan fingerprint density at radius 3 is 2.57 bits per heavy atom. The number of rotatable bonds is 2. The van der Waals surface area contributed by atoms with Crippen molar-refractivity contribution in [2.24, 2.45) is 0 Å². The van der Waals surface area contributed by atoms with E-state index in [-0.39, 0.29) is 0 Å². The Morgan fingerprint density at radius 1 is 1.14 bits per heavy atom. The molecule has 0 aliphatic rings. The van der Waals surface area contributed by atoms with Crippen molar-refractivity contribution in [1.29, 1.82) is 0 Å². The van der Waals surface area contributed by atoms with E-state index in [2.05, 4.69) is 28.6 Å². The fraction of sp³-hybridized carbons (Fsp3) is 0.0833. The molecule has 0 saturated carbocycles. The Bertz CT molecular complexity index is 429. The van der Waals surface area contributed by atoms with Crippen molar-refractivity contribution in [3.8, 4) is 0 Å². The molecule has 0 saturated heterocycles. The van der Waals surface area contributed by atoms with E-state index in [4.69, 9.17) is 0 Å². The molecule has 0 bridgehead atoms. The lowest BCUT2D eigenvalue weighted by Gasteiger charge is -1.89. The van der Waals surface area contributed by atoms with E-state index in [0.29, 0.717) is 0 Å². The van der Waals surface area contributed by atoms with Crippen molar-refractivity contribution in [2.45, 2.75) is 6.92 Å². The van der Waals surface area contributed by atoms with E-state index >= 15 is 0 Å². The summed E-state index contributed by atoms with van der Waals surface area (Å²) >= 11 is 1.68. The predicted octanol–water partition coefficient (Wildman–Crippen LogP) is 3.62. The Labute approximate surface area is 87.8 Å². The van der Waals surface area contributed by atoms with Gasteiger partial charge in [0.2, 0.25) is 0 Å². The molecule has 1 nitrogen and oxygen atoms in total. The molecule has 0 spiro atoms. The second-order valence-corrected chi connectivity index (χ2v) is 4.10. The molecule has 70 valence electrons. The molecular formula is C12H11NS. The van der Waals surface area contributed by atoms with Crippen LogP contribution in [0.25, 0.3) is 12.2 Å². The molecule has 1 aromatic heterocycles. The van der Waals surface area contributed by atoms with Gasteiger partial charge in [-0.25, -0.2) is 4.98 Å². The average molecular weight is 201 g/mol. The van der Waals surface area contributed by atoms with Gasteiger partial charge in [0.05, 0.1) is 10.7 Å². The smallest absolute Gasteiger partial charge is 0.0901 e. The zero-order chi connectivity index (χ0) is 9.80. The second-order valence-electron chi connectivity index (χ2n) is 3.04. The fourth-order valence-electron chi connectivity index (χ4n) is 1.20. The molecule has 1 aromatic carbocycles. The van der Waals surface area contributed by atoms with Gasteiger partial charge in [-0.3, -0.25) is 0 Å². The molecule has 0 aliphatic heterocycles. The molecule has 0 fully saturated rings. The quantitative estimate of drug-likeness (QED) is 0.723. The lowest BCUT2D eigenvalue weighted by molar-refractivity contribution is 1.28. The van der Waals surface area contributed by atoms with Crippen LogP contribution in [0.15, 0.2) is 35.7 Å². The Hall–Kier alpha value is -1.41. The molecule has 0 N–H and O–H groups in total. The highest BCUT2D eigenvalue weighted by atomic mass is 32.1. The minimum atomic E-state index is 1.04. The fourth-order valence-corrected chi connectivity index (χ4v) is 1.78. The van der Waals surface area contributed by atoms with Crippen LogP contribution in [-0.4, -0.2) is 4.98 Å². The average Bonchev–Trinajstić information content (AvgIpc) is 2.63. The maximum atomic E-state index is 4.36. The number of aryl methyl sites for hydroxylation is 1. The Morgan fingerprint density at radius 2 is 1.93 bits per heavy atom. The lowest BCUT2D eigenvalue weighted by Crippen LogP contribution is -1.72. The summed E-state index contributed by atoms with van der Waals surface area (Å²) in [7, 11) is 0. The monoisotopic (exact) mass is 201 g/mol. The summed E-state index contributed by atoms with van der Waals surface area (Å²) in [5.74, 6) is 0. The number of aromatic nitrogens is 1. The van der Waals surface area contributed by atoms with Gasteiger partial charge < -0.3 is 0 Å². The first-order valence-electron chi connectivity index (χ1n) is 4.50. The van der Waals surface area contributed by atoms with Gasteiger partial charge in [0.25, 0.3) is 0 Å². The number of hydrogen-bond donors (Lipinski definition) is 0. The normalized spacial score (nSPS) is 10.9. The summed E-state index contributed by atoms with van der Waals surface area (Å²) < 4.78 is 0. The van der Waals surface area contributed by atoms with E-state index in [9.17, 15) is 0 Å². The molecule has 2 aromatic rings. The molecule has 0 aliphatic carbocycles. The largest absolute Gasteiger partial charge is 0.242 e. The van der Waals surface area contributed by atoms with E-state index < -0.39 is 0 Å². The highest BCUT2D eigenvalue weighted by Gasteiger charge is 1.91. The van der Waals surface area contributed by atoms with Crippen molar-refractivity contribution in [3.05, 3.63) is 52.0 Å². The van der Waals surface area contributed by atoms with Crippen molar-refractivity contribution in [3.63, 3.8) is 0 Å². The first-order valence-corrected chi connectivity index (χ1v) is 5.38. The molecule has 2 rings (SSSR count). The van der Waals surface area contributed by atoms with Gasteiger partial charge in [-0.1, -0.05) is 36.4 Å². The summed E-state index contributed by atoms with van der Waals surface area (Å²) in [6.07, 6.45) is 4.12. The third-order valence-electron chi connectivity index (χ3n) is 1.88. The van der Waals surface area contributed by atoms with Crippen LogP contribution >= 0.6 is 11.3 Å². The van der Waals surface area contributed by atoms with Crippen LogP contribution in [-0.2, 0) is 0 Å². The van der Waals surface area contributed by atoms with Gasteiger partial charge in [0.1, 0.15) is 0 Å². The molecule has 0 atom stereocenters. The van der Waals surface area contributed by atoms with E-state index in [1.807, 2.05) is 31.2 Å². The molecule has 14 heavy (non-hydrogen) atoms. The van der Waals surface area contributed by atoms with Gasteiger partial charge in [0.15, 0.2) is 0 Å². The standard InChI is InChI=1S/C12H11NS/c1-10-13-12(9-14-10)8-7-11-5-3-2-4-6-11/h2-9H,1H3. The molecule has 0 amide bonds. The van der Waals surface area contributed by atoms with Crippen molar-refractivity contribution >= 4 is 23.5 Å². The highest BCUT2D eigenvalue weighted by Crippen LogP contribution is 2.11. The van der Waals surface area contributed by atoms with Gasteiger partial charge in [-0.15, -0.1) is 11.3 Å². The van der Waals surface area contributed by atoms with Crippen LogP contribution in [0.3, 0.4) is 0 Å². The summed E-state index contributed by atoms with van der Waals surface area (Å²) in [5, 5.41) is 3.17. The van der Waals surface area contributed by atoms with Gasteiger partial charge >= 0.3 is 0 Å². The van der Waals surface area contributed by atoms with Gasteiger partial charge in [-0.2, -0.15) is 0 Å². The molecule has 1 heterocycles. The van der Waals surface area contributed by atoms with Crippen LogP contribution in [0, 0.1) is 6.92 Å². The SMILES string of the molecule is Cc1nc(C=Cc2ccccc2)cs1. The second kappa shape index (κ2) is 4.20. The molecule has 0 unspecified atom stereocenters. The topological polar surface area (TPSA) is 12.9 Å². The van der Waals surface area contributed by atoms with Crippen molar-refractivity contribution in [2.75, 3.05) is 0 Å². The summed E-state index contributed by atoms with van der Waals surface area (Å²) in [5.41, 5.74) is 2.24. The van der Waals surface area contributed by atoms with Gasteiger partial charge in [-0.05, 0) is 18.6 Å². The molecule has 2 heteroatoms. The minimum absolute atomic E-state index is 1.04. The maximum Gasteiger partial charge on any atom is 0.0901 e. The first kappa shape index (κ1) is 9.16. The highest BCUT2D eigenvalue weighted by molar-refractivity contribution is 7.09. The van der Waals surface area contributed by atoms with Crippen LogP contribution < -0.4 is 0 Å². The Balaban J connectivity index is 2.15.